The summed E-state index contributed by atoms with van der Waals surface area (Å²) in [6.45, 7) is 12.3. The highest BCUT2D eigenvalue weighted by Gasteiger charge is 2.50. The van der Waals surface area contributed by atoms with Crippen LogP contribution in [0.4, 0.5) is 0 Å². The number of aliphatic hydroxyl groups excluding tert-OH is 1. The highest BCUT2D eigenvalue weighted by Crippen LogP contribution is 2.51. The molecular formula is C39H48O13. The third kappa shape index (κ3) is 11.0. The monoisotopic (exact) mass is 724 g/mol. The Morgan fingerprint density at radius 2 is 1.33 bits per heavy atom. The lowest BCUT2D eigenvalue weighted by Gasteiger charge is -2.48. The van der Waals surface area contributed by atoms with Crippen LogP contribution in [0.3, 0.4) is 0 Å². The molecule has 52 heavy (non-hydrogen) atoms. The zero-order valence-corrected chi connectivity index (χ0v) is 31.1. The molecule has 0 aromatic heterocycles. The van der Waals surface area contributed by atoms with E-state index in [2.05, 4.69) is 0 Å². The maximum Gasteiger partial charge on any atom is 0.331 e. The molecule has 282 valence electrons. The second-order valence-corrected chi connectivity index (χ2v) is 13.4. The Bertz CT molecular complexity index is 1660. The van der Waals surface area contributed by atoms with E-state index in [1.807, 2.05) is 6.07 Å². The zero-order chi connectivity index (χ0) is 38.9. The SMILES string of the molecule is CC(=O)OC/C1=C/[C@H](O)[C@@H]2C[C@H](OC(C)=O)C(C)=C([C@@H](OC(C)=O)/C(OC(C)=O)=C(\C)[C@@H](OC(C)=O)C[C@@H]1OC(=O)/C=C/c1ccccc1)C2(C)C. The van der Waals surface area contributed by atoms with Gasteiger partial charge in [0.2, 0.25) is 0 Å². The van der Waals surface area contributed by atoms with Crippen LogP contribution in [0.1, 0.15) is 80.7 Å². The van der Waals surface area contributed by atoms with Gasteiger partial charge in [-0.2, -0.15) is 0 Å². The Morgan fingerprint density at radius 3 is 1.87 bits per heavy atom. The van der Waals surface area contributed by atoms with E-state index in [4.69, 9.17) is 28.4 Å². The minimum Gasteiger partial charge on any atom is -0.461 e. The van der Waals surface area contributed by atoms with E-state index in [0.29, 0.717) is 16.7 Å². The largest absolute Gasteiger partial charge is 0.461 e. The van der Waals surface area contributed by atoms with Gasteiger partial charge in [0.05, 0.1) is 6.10 Å². The van der Waals surface area contributed by atoms with Gasteiger partial charge in [0.25, 0.3) is 0 Å². The molecule has 0 aliphatic heterocycles. The topological polar surface area (TPSA) is 178 Å². The lowest BCUT2D eigenvalue weighted by Crippen LogP contribution is -2.48. The summed E-state index contributed by atoms with van der Waals surface area (Å²) >= 11 is 0. The first kappa shape index (κ1) is 41.4. The first-order valence-electron chi connectivity index (χ1n) is 16.9. The Morgan fingerprint density at radius 1 is 0.750 bits per heavy atom. The van der Waals surface area contributed by atoms with Crippen molar-refractivity contribution in [3.8, 4) is 0 Å². The van der Waals surface area contributed by atoms with Crippen molar-refractivity contribution < 1.29 is 62.3 Å². The maximum absolute atomic E-state index is 13.4. The number of hydrogen-bond acceptors (Lipinski definition) is 13. The number of fused-ring (bicyclic) bond motifs is 2. The first-order valence-corrected chi connectivity index (χ1v) is 16.9. The molecule has 1 N–H and O–H groups in total. The van der Waals surface area contributed by atoms with Crippen molar-refractivity contribution in [2.24, 2.45) is 11.3 Å². The molecule has 0 radical (unpaired) electrons. The van der Waals surface area contributed by atoms with E-state index in [-0.39, 0.29) is 29.7 Å². The van der Waals surface area contributed by atoms with Crippen LogP contribution in [0.15, 0.2) is 70.5 Å². The summed E-state index contributed by atoms with van der Waals surface area (Å²) in [5, 5.41) is 12.0. The Balaban J connectivity index is 2.42. The van der Waals surface area contributed by atoms with Gasteiger partial charge in [0.15, 0.2) is 11.9 Å². The molecule has 0 amide bonds. The number of benzene rings is 1. The fourth-order valence-corrected chi connectivity index (χ4v) is 6.75. The summed E-state index contributed by atoms with van der Waals surface area (Å²) in [5.41, 5.74) is 0.806. The summed E-state index contributed by atoms with van der Waals surface area (Å²) in [6.07, 6.45) is -2.31. The minimum atomic E-state index is -1.42. The molecule has 0 heterocycles. The quantitative estimate of drug-likeness (QED) is 0.158. The summed E-state index contributed by atoms with van der Waals surface area (Å²) < 4.78 is 34.5. The average molecular weight is 725 g/mol. The standard InChI is InChI=1S/C39H48O13/c1-21-32(48-24(4)41)18-30-31(45)17-29(20-47-23(3)40)34(52-35(46)16-15-28-13-11-10-12-14-28)19-33(49-25(5)42)22(2)37(50-26(6)43)38(51-27(7)44)36(21)39(30,8)9/h10-17,30-34,38,45H,18-20H2,1-9H3/b16-15+,29-17-,37-22-/t30-,31-,32-,33-,34-,38+/m0/s1. The fourth-order valence-electron chi connectivity index (χ4n) is 6.75. The van der Waals surface area contributed by atoms with Crippen molar-refractivity contribution in [3.05, 3.63) is 76.1 Å². The van der Waals surface area contributed by atoms with Crippen molar-refractivity contribution in [3.63, 3.8) is 0 Å². The Labute approximate surface area is 303 Å². The molecule has 0 saturated heterocycles. The molecule has 0 unspecified atom stereocenters. The van der Waals surface area contributed by atoms with E-state index in [9.17, 15) is 33.9 Å². The second kappa shape index (κ2) is 17.9. The number of rotatable bonds is 9. The fraction of sp³-hybridized carbons (Fsp3) is 0.487. The zero-order valence-electron chi connectivity index (χ0n) is 31.1. The van der Waals surface area contributed by atoms with Gasteiger partial charge in [-0.1, -0.05) is 44.2 Å². The van der Waals surface area contributed by atoms with Crippen LogP contribution < -0.4 is 0 Å². The number of carbonyl (C=O) groups excluding carboxylic acids is 6. The molecule has 3 rings (SSSR count). The minimum absolute atomic E-state index is 0.110. The van der Waals surface area contributed by atoms with Crippen molar-refractivity contribution >= 4 is 41.9 Å². The van der Waals surface area contributed by atoms with Gasteiger partial charge < -0.3 is 33.5 Å². The van der Waals surface area contributed by atoms with Crippen molar-refractivity contribution in [1.82, 2.24) is 0 Å². The van der Waals surface area contributed by atoms with Crippen LogP contribution >= 0.6 is 0 Å². The summed E-state index contributed by atoms with van der Waals surface area (Å²) in [4.78, 5) is 75.8. The highest BCUT2D eigenvalue weighted by molar-refractivity contribution is 5.87. The third-order valence-electron chi connectivity index (χ3n) is 9.07. The predicted molar refractivity (Wildman–Crippen MR) is 186 cm³/mol. The molecule has 1 aromatic carbocycles. The molecule has 6 atom stereocenters. The number of aliphatic hydroxyl groups is 1. The van der Waals surface area contributed by atoms with Crippen LogP contribution in [-0.2, 0) is 57.2 Å². The number of ether oxygens (including phenoxy) is 6. The van der Waals surface area contributed by atoms with Crippen LogP contribution in [0.25, 0.3) is 6.08 Å². The molecule has 0 fully saturated rings. The van der Waals surface area contributed by atoms with Gasteiger partial charge >= 0.3 is 35.8 Å². The third-order valence-corrected chi connectivity index (χ3v) is 9.07. The predicted octanol–water partition coefficient (Wildman–Crippen LogP) is 4.86. The van der Waals surface area contributed by atoms with E-state index < -0.39 is 84.3 Å². The number of esters is 6. The number of carbonyl (C=O) groups is 6. The van der Waals surface area contributed by atoms with Crippen LogP contribution in [0.5, 0.6) is 0 Å². The molecule has 0 saturated carbocycles. The van der Waals surface area contributed by atoms with Crippen molar-refractivity contribution in [1.29, 1.82) is 0 Å². The Kier molecular flexibility index (Phi) is 14.3. The molecule has 1 aromatic rings. The lowest BCUT2D eigenvalue weighted by molar-refractivity contribution is -0.152. The Hall–Kier alpha value is -5.04. The summed E-state index contributed by atoms with van der Waals surface area (Å²) in [5.74, 6) is -5.30. The van der Waals surface area contributed by atoms with Gasteiger partial charge in [-0.15, -0.1) is 0 Å². The van der Waals surface area contributed by atoms with E-state index >= 15 is 0 Å². The molecule has 2 aliphatic rings. The van der Waals surface area contributed by atoms with Crippen LogP contribution in [0, 0.1) is 11.3 Å². The van der Waals surface area contributed by atoms with Gasteiger partial charge in [0, 0.05) is 64.2 Å². The van der Waals surface area contributed by atoms with Gasteiger partial charge in [0.1, 0.15) is 24.9 Å². The molecule has 13 nitrogen and oxygen atoms in total. The van der Waals surface area contributed by atoms with Crippen molar-refractivity contribution in [2.75, 3.05) is 6.61 Å². The second-order valence-electron chi connectivity index (χ2n) is 13.4. The maximum atomic E-state index is 13.4. The smallest absolute Gasteiger partial charge is 0.331 e. The van der Waals surface area contributed by atoms with Gasteiger partial charge in [-0.3, -0.25) is 24.0 Å². The molecular weight excluding hydrogens is 676 g/mol. The van der Waals surface area contributed by atoms with Gasteiger partial charge in [-0.05, 0) is 54.5 Å². The normalized spacial score (nSPS) is 27.2. The van der Waals surface area contributed by atoms with Crippen molar-refractivity contribution in [2.45, 2.75) is 106 Å². The van der Waals surface area contributed by atoms with E-state index in [1.54, 1.807) is 45.0 Å². The summed E-state index contributed by atoms with van der Waals surface area (Å²) in [7, 11) is 0. The molecule has 2 bridgehead atoms. The number of hydrogen-bond donors (Lipinski definition) is 1. The molecule has 13 heteroatoms. The van der Waals surface area contributed by atoms with Crippen LogP contribution in [0.2, 0.25) is 0 Å². The van der Waals surface area contributed by atoms with E-state index in [0.717, 1.165) is 13.8 Å². The highest BCUT2D eigenvalue weighted by atomic mass is 16.6. The summed E-state index contributed by atoms with van der Waals surface area (Å²) in [6, 6.07) is 8.97. The first-order chi connectivity index (χ1) is 24.3. The lowest BCUT2D eigenvalue weighted by atomic mass is 9.60. The average Bonchev–Trinajstić information content (AvgIpc) is 3.03. The van der Waals surface area contributed by atoms with E-state index in [1.165, 1.54) is 45.9 Å². The molecule has 0 spiro atoms. The van der Waals surface area contributed by atoms with Gasteiger partial charge in [-0.25, -0.2) is 4.79 Å². The molecule has 2 aliphatic carbocycles. The van der Waals surface area contributed by atoms with Crippen LogP contribution in [-0.4, -0.2) is 78.0 Å².